The monoisotopic (exact) mass is 604 g/mol. The molecule has 6 atom stereocenters. The van der Waals surface area contributed by atoms with Gasteiger partial charge >= 0.3 is 0 Å². The summed E-state index contributed by atoms with van der Waals surface area (Å²) in [6.45, 7) is 1.72. The first-order chi connectivity index (χ1) is 20.6. The topological polar surface area (TPSA) is 187 Å². The first-order valence-electron chi connectivity index (χ1n) is 14.4. The number of ketones is 5. The summed E-state index contributed by atoms with van der Waals surface area (Å²) in [5, 5.41) is 26.3. The molecule has 44 heavy (non-hydrogen) atoms. The van der Waals surface area contributed by atoms with E-state index in [2.05, 4.69) is 5.32 Å². The first kappa shape index (κ1) is 31.0. The number of primary amides is 1. The second-order valence-electron chi connectivity index (χ2n) is 12.4. The van der Waals surface area contributed by atoms with Gasteiger partial charge in [-0.2, -0.15) is 0 Å². The van der Waals surface area contributed by atoms with Gasteiger partial charge in [0, 0.05) is 37.8 Å². The van der Waals surface area contributed by atoms with Crippen molar-refractivity contribution >= 4 is 46.2 Å². The summed E-state index contributed by atoms with van der Waals surface area (Å²) < 4.78 is 0. The number of carbonyl (C=O) groups is 6. The Kier molecular flexibility index (Phi) is 7.71. The molecule has 3 aliphatic rings. The van der Waals surface area contributed by atoms with Crippen molar-refractivity contribution < 1.29 is 39.0 Å². The zero-order valence-corrected chi connectivity index (χ0v) is 25.2. The Balaban J connectivity index is 1.56. The highest BCUT2D eigenvalue weighted by Gasteiger charge is 2.69. The summed E-state index contributed by atoms with van der Waals surface area (Å²) in [5.74, 6) is -11.0. The standard InChI is InChI=1S/C32H36N4O8/c1-14(37)16-8-6-15(7-9-16)13-34-20-12-21(35(2)3)18-10-17-11-19-25(36(4)5)28(40)24(31(33)43)30(42)32(19,44)29(41)22(17)27(39)23(18)26(20)38/h6-9,12,17,19,22,24-25,34,38,44H,10-11,13H2,1-5H3,(H2,33,43)/t17-,19-,22?,24?,25-,32-/m1/s1. The Morgan fingerprint density at radius 1 is 1.05 bits per heavy atom. The Morgan fingerprint density at radius 3 is 2.23 bits per heavy atom. The second-order valence-corrected chi connectivity index (χ2v) is 12.4. The summed E-state index contributed by atoms with van der Waals surface area (Å²) in [6, 6.07) is 7.47. The largest absolute Gasteiger partial charge is 0.505 e. The molecule has 5 rings (SSSR count). The normalized spacial score (nSPS) is 27.8. The fourth-order valence-corrected chi connectivity index (χ4v) is 7.24. The van der Waals surface area contributed by atoms with E-state index < -0.39 is 64.4 Å². The molecule has 2 aromatic carbocycles. The number of phenols is 1. The fraction of sp³-hybridized carbons (Fsp3) is 0.438. The van der Waals surface area contributed by atoms with E-state index in [1.54, 1.807) is 63.4 Å². The highest BCUT2D eigenvalue weighted by Crippen LogP contribution is 2.52. The molecule has 2 aromatic rings. The lowest BCUT2D eigenvalue weighted by atomic mass is 9.52. The van der Waals surface area contributed by atoms with Crippen LogP contribution in [0.25, 0.3) is 0 Å². The summed E-state index contributed by atoms with van der Waals surface area (Å²) in [7, 11) is 6.65. The molecule has 12 nitrogen and oxygen atoms in total. The van der Waals surface area contributed by atoms with Crippen LogP contribution >= 0.6 is 0 Å². The molecule has 5 N–H and O–H groups in total. The second kappa shape index (κ2) is 10.9. The molecule has 0 spiro atoms. The molecule has 2 fully saturated rings. The van der Waals surface area contributed by atoms with Crippen LogP contribution in [0.4, 0.5) is 11.4 Å². The van der Waals surface area contributed by atoms with Crippen LogP contribution in [0.2, 0.25) is 0 Å². The minimum absolute atomic E-state index is 0.0201. The lowest BCUT2D eigenvalue weighted by Crippen LogP contribution is -2.74. The van der Waals surface area contributed by atoms with Crippen LogP contribution < -0.4 is 16.0 Å². The number of carbonyl (C=O) groups excluding carboxylic acids is 6. The number of aromatic hydroxyl groups is 1. The maximum atomic E-state index is 14.2. The number of rotatable bonds is 7. The molecular formula is C32H36N4O8. The van der Waals surface area contributed by atoms with Gasteiger partial charge in [-0.25, -0.2) is 0 Å². The number of likely N-dealkylation sites (N-methyl/N-ethyl adjacent to an activating group) is 1. The van der Waals surface area contributed by atoms with E-state index in [1.807, 2.05) is 0 Å². The van der Waals surface area contributed by atoms with Crippen LogP contribution in [0.5, 0.6) is 5.75 Å². The summed E-state index contributed by atoms with van der Waals surface area (Å²) in [4.78, 5) is 82.0. The Labute approximate surface area is 254 Å². The molecule has 0 aliphatic heterocycles. The molecule has 0 saturated heterocycles. The summed E-state index contributed by atoms with van der Waals surface area (Å²) in [6.07, 6.45) is 0.146. The van der Waals surface area contributed by atoms with Gasteiger partial charge < -0.3 is 26.2 Å². The minimum Gasteiger partial charge on any atom is -0.505 e. The zero-order valence-electron chi connectivity index (χ0n) is 25.2. The molecule has 2 saturated carbocycles. The molecule has 1 amide bonds. The predicted molar refractivity (Wildman–Crippen MR) is 159 cm³/mol. The molecule has 0 heterocycles. The SMILES string of the molecule is CC(=O)c1ccc(CNc2cc(N(C)C)c3c(c2O)C(=O)C2C(=O)[C@@]4(O)C(=O)C(C(N)=O)C(=O)[C@H](N(C)C)[C@H]4C[C@H]2C3)cc1. The lowest BCUT2D eigenvalue weighted by Gasteiger charge is -2.52. The molecule has 2 unspecified atom stereocenters. The van der Waals surface area contributed by atoms with E-state index in [0.29, 0.717) is 16.8 Å². The van der Waals surface area contributed by atoms with Gasteiger partial charge in [-0.3, -0.25) is 33.7 Å². The molecule has 232 valence electrons. The van der Waals surface area contributed by atoms with Crippen LogP contribution in [-0.4, -0.2) is 89.8 Å². The van der Waals surface area contributed by atoms with Crippen molar-refractivity contribution in [2.75, 3.05) is 38.4 Å². The first-order valence-corrected chi connectivity index (χ1v) is 14.4. The number of aliphatic hydroxyl groups is 1. The van der Waals surface area contributed by atoms with Crippen LogP contribution in [0.3, 0.4) is 0 Å². The van der Waals surface area contributed by atoms with Crippen molar-refractivity contribution in [1.29, 1.82) is 0 Å². The van der Waals surface area contributed by atoms with Crippen molar-refractivity contribution in [2.24, 2.45) is 29.4 Å². The van der Waals surface area contributed by atoms with Gasteiger partial charge in [0.2, 0.25) is 5.91 Å². The van der Waals surface area contributed by atoms with Crippen molar-refractivity contribution in [2.45, 2.75) is 38.0 Å². The van der Waals surface area contributed by atoms with Crippen molar-refractivity contribution in [3.05, 3.63) is 52.6 Å². The Morgan fingerprint density at radius 2 is 1.68 bits per heavy atom. The van der Waals surface area contributed by atoms with Gasteiger partial charge in [0.05, 0.1) is 23.2 Å². The number of hydrogen-bond acceptors (Lipinski definition) is 11. The Hall–Kier alpha value is -4.42. The van der Waals surface area contributed by atoms with Crippen molar-refractivity contribution in [3.8, 4) is 5.75 Å². The van der Waals surface area contributed by atoms with E-state index in [4.69, 9.17) is 5.73 Å². The number of nitrogens with one attached hydrogen (secondary N) is 1. The number of Topliss-reactive ketones (excluding diaryl/α,β-unsaturated/α-hetero) is 5. The van der Waals surface area contributed by atoms with E-state index in [9.17, 15) is 39.0 Å². The maximum absolute atomic E-state index is 14.2. The molecular weight excluding hydrogens is 568 g/mol. The van der Waals surface area contributed by atoms with E-state index in [1.165, 1.54) is 11.8 Å². The molecule has 3 aliphatic carbocycles. The van der Waals surface area contributed by atoms with Gasteiger partial charge in [-0.05, 0) is 57.0 Å². The van der Waals surface area contributed by atoms with Gasteiger partial charge in [-0.1, -0.05) is 24.3 Å². The number of benzene rings is 2. The van der Waals surface area contributed by atoms with E-state index >= 15 is 0 Å². The number of nitrogens with zero attached hydrogens (tertiary/aromatic N) is 2. The number of anilines is 2. The number of nitrogens with two attached hydrogens (primary N) is 1. The highest BCUT2D eigenvalue weighted by molar-refractivity contribution is 6.32. The zero-order chi connectivity index (χ0) is 32.4. The fourth-order valence-electron chi connectivity index (χ4n) is 7.24. The van der Waals surface area contributed by atoms with Crippen LogP contribution in [0.1, 0.15) is 45.2 Å². The molecule has 0 radical (unpaired) electrons. The van der Waals surface area contributed by atoms with Gasteiger partial charge in [0.15, 0.2) is 40.4 Å². The quantitative estimate of drug-likeness (QED) is 0.198. The van der Waals surface area contributed by atoms with E-state index in [-0.39, 0.29) is 42.2 Å². The third-order valence-electron chi connectivity index (χ3n) is 9.36. The average molecular weight is 605 g/mol. The third kappa shape index (κ3) is 4.60. The van der Waals surface area contributed by atoms with Crippen molar-refractivity contribution in [1.82, 2.24) is 4.90 Å². The van der Waals surface area contributed by atoms with Crippen LogP contribution in [0, 0.1) is 23.7 Å². The number of hydrogen-bond donors (Lipinski definition) is 4. The van der Waals surface area contributed by atoms with E-state index in [0.717, 1.165) is 5.56 Å². The maximum Gasteiger partial charge on any atom is 0.235 e. The summed E-state index contributed by atoms with van der Waals surface area (Å²) >= 11 is 0. The Bertz CT molecular complexity index is 1610. The summed E-state index contributed by atoms with van der Waals surface area (Å²) in [5.41, 5.74) is 5.26. The average Bonchev–Trinajstić information content (AvgIpc) is 2.94. The van der Waals surface area contributed by atoms with Gasteiger partial charge in [0.1, 0.15) is 5.75 Å². The van der Waals surface area contributed by atoms with Gasteiger partial charge in [0.25, 0.3) is 0 Å². The van der Waals surface area contributed by atoms with Crippen LogP contribution in [-0.2, 0) is 32.1 Å². The molecule has 0 aromatic heterocycles. The lowest BCUT2D eigenvalue weighted by molar-refractivity contribution is -0.181. The predicted octanol–water partition coefficient (Wildman–Crippen LogP) is 0.748. The minimum atomic E-state index is -2.78. The number of amides is 1. The highest BCUT2D eigenvalue weighted by atomic mass is 16.3. The van der Waals surface area contributed by atoms with Crippen LogP contribution in [0.15, 0.2) is 30.3 Å². The van der Waals surface area contributed by atoms with Crippen molar-refractivity contribution in [3.63, 3.8) is 0 Å². The molecule has 12 heteroatoms. The number of fused-ring (bicyclic) bond motifs is 3. The third-order valence-corrected chi connectivity index (χ3v) is 9.36. The molecule has 0 bridgehead atoms. The van der Waals surface area contributed by atoms with Gasteiger partial charge in [-0.15, -0.1) is 0 Å². The smallest absolute Gasteiger partial charge is 0.235 e. The number of phenolic OH excluding ortho intramolecular Hbond substituents is 1.